The zero-order chi connectivity index (χ0) is 17.5. The minimum Gasteiger partial charge on any atom is -0.491 e. The molecule has 0 bridgehead atoms. The minimum absolute atomic E-state index is 0.202. The molecule has 0 saturated heterocycles. The topological polar surface area (TPSA) is 79.0 Å². The number of rotatable bonds is 7. The third-order valence-corrected chi connectivity index (χ3v) is 4.72. The monoisotopic (exact) mass is 351 g/mol. The standard InChI is InChI=1S/C19H17N3O2S/c20-10-9-14-5-7-16(8-6-14)24-11-15(23)12-25-19-17-3-1-2-4-18(17)21-13-22-19/h1-8,13,15,23H,9,11-12H2/t15-/m1/s1. The molecule has 0 radical (unpaired) electrons. The van der Waals surface area contributed by atoms with Crippen molar-refractivity contribution < 1.29 is 9.84 Å². The molecule has 6 heteroatoms. The van der Waals surface area contributed by atoms with Gasteiger partial charge in [0, 0.05) is 11.1 Å². The Balaban J connectivity index is 1.52. The van der Waals surface area contributed by atoms with Crippen molar-refractivity contribution in [1.29, 1.82) is 5.26 Å². The molecule has 1 atom stereocenters. The Morgan fingerprint density at radius 3 is 2.72 bits per heavy atom. The summed E-state index contributed by atoms with van der Waals surface area (Å²) in [6, 6.07) is 17.2. The summed E-state index contributed by atoms with van der Waals surface area (Å²) in [5.74, 6) is 1.16. The van der Waals surface area contributed by atoms with Crippen molar-refractivity contribution in [2.24, 2.45) is 0 Å². The minimum atomic E-state index is -0.613. The van der Waals surface area contributed by atoms with E-state index in [9.17, 15) is 5.11 Å². The molecule has 1 aromatic heterocycles. The van der Waals surface area contributed by atoms with Crippen molar-refractivity contribution in [3.8, 4) is 11.8 Å². The van der Waals surface area contributed by atoms with Crippen LogP contribution in [0.3, 0.4) is 0 Å². The Hall–Kier alpha value is -2.62. The molecule has 1 heterocycles. The summed E-state index contributed by atoms with van der Waals surface area (Å²) in [5, 5.41) is 20.6. The summed E-state index contributed by atoms with van der Waals surface area (Å²) in [7, 11) is 0. The van der Waals surface area contributed by atoms with E-state index in [1.807, 2.05) is 48.5 Å². The predicted molar refractivity (Wildman–Crippen MR) is 97.5 cm³/mol. The average molecular weight is 351 g/mol. The van der Waals surface area contributed by atoms with Gasteiger partial charge in [0.2, 0.25) is 0 Å². The zero-order valence-electron chi connectivity index (χ0n) is 13.5. The molecule has 126 valence electrons. The molecule has 0 fully saturated rings. The van der Waals surface area contributed by atoms with Gasteiger partial charge < -0.3 is 9.84 Å². The number of fused-ring (bicyclic) bond motifs is 1. The molecule has 0 aliphatic rings. The summed E-state index contributed by atoms with van der Waals surface area (Å²) in [6.45, 7) is 0.202. The van der Waals surface area contributed by atoms with Crippen molar-refractivity contribution in [1.82, 2.24) is 9.97 Å². The Morgan fingerprint density at radius 2 is 1.92 bits per heavy atom. The van der Waals surface area contributed by atoms with E-state index in [1.54, 1.807) is 0 Å². The smallest absolute Gasteiger partial charge is 0.119 e. The molecule has 0 aliphatic carbocycles. The Morgan fingerprint density at radius 1 is 1.12 bits per heavy atom. The number of aromatic nitrogens is 2. The molecule has 2 aromatic carbocycles. The number of hydrogen-bond acceptors (Lipinski definition) is 6. The Kier molecular flexibility index (Phi) is 5.83. The van der Waals surface area contributed by atoms with E-state index in [0.29, 0.717) is 17.9 Å². The van der Waals surface area contributed by atoms with Crippen molar-refractivity contribution in [2.45, 2.75) is 17.6 Å². The zero-order valence-corrected chi connectivity index (χ0v) is 14.3. The normalized spacial score (nSPS) is 11.8. The van der Waals surface area contributed by atoms with Gasteiger partial charge in [0.05, 0.1) is 24.1 Å². The van der Waals surface area contributed by atoms with Crippen molar-refractivity contribution in [3.05, 3.63) is 60.4 Å². The number of ether oxygens (including phenoxy) is 1. The maximum atomic E-state index is 10.2. The van der Waals surface area contributed by atoms with Gasteiger partial charge in [-0.1, -0.05) is 30.3 Å². The van der Waals surface area contributed by atoms with Crippen LogP contribution in [0.1, 0.15) is 5.56 Å². The molecule has 3 aromatic rings. The van der Waals surface area contributed by atoms with Crippen LogP contribution in [0.4, 0.5) is 0 Å². The van der Waals surface area contributed by atoms with Crippen LogP contribution in [0.15, 0.2) is 59.9 Å². The predicted octanol–water partition coefficient (Wildman–Crippen LogP) is 3.23. The van der Waals surface area contributed by atoms with Crippen LogP contribution < -0.4 is 4.74 Å². The maximum absolute atomic E-state index is 10.2. The second kappa shape index (κ2) is 8.47. The van der Waals surface area contributed by atoms with Crippen LogP contribution >= 0.6 is 11.8 Å². The lowest BCUT2D eigenvalue weighted by Gasteiger charge is -2.12. The average Bonchev–Trinajstić information content (AvgIpc) is 2.66. The SMILES string of the molecule is N#CCc1ccc(OC[C@@H](O)CSc2ncnc3ccccc23)cc1. The van der Waals surface area contributed by atoms with Gasteiger partial charge in [-0.3, -0.25) is 0 Å². The molecular formula is C19H17N3O2S. The highest BCUT2D eigenvalue weighted by molar-refractivity contribution is 7.99. The number of nitrogens with zero attached hydrogens (tertiary/aromatic N) is 3. The van der Waals surface area contributed by atoms with Crippen molar-refractivity contribution in [3.63, 3.8) is 0 Å². The maximum Gasteiger partial charge on any atom is 0.119 e. The fraction of sp³-hybridized carbons (Fsp3) is 0.211. The molecule has 0 amide bonds. The highest BCUT2D eigenvalue weighted by Crippen LogP contribution is 2.24. The van der Waals surface area contributed by atoms with Gasteiger partial charge >= 0.3 is 0 Å². The van der Waals surface area contributed by atoms with Gasteiger partial charge in [-0.2, -0.15) is 5.26 Å². The first-order chi connectivity index (χ1) is 12.3. The molecule has 0 aliphatic heterocycles. The van der Waals surface area contributed by atoms with Gasteiger partial charge in [0.25, 0.3) is 0 Å². The molecule has 0 unspecified atom stereocenters. The number of aliphatic hydroxyl groups excluding tert-OH is 1. The van der Waals surface area contributed by atoms with Crippen LogP contribution in [0, 0.1) is 11.3 Å². The number of nitriles is 1. The van der Waals surface area contributed by atoms with E-state index >= 15 is 0 Å². The van der Waals surface area contributed by atoms with Crippen molar-refractivity contribution in [2.75, 3.05) is 12.4 Å². The van der Waals surface area contributed by atoms with Gasteiger partial charge in [0.1, 0.15) is 23.7 Å². The summed E-state index contributed by atoms with van der Waals surface area (Å²) in [5.41, 5.74) is 1.84. The molecular weight excluding hydrogens is 334 g/mol. The first-order valence-electron chi connectivity index (χ1n) is 7.85. The molecule has 0 saturated carbocycles. The largest absolute Gasteiger partial charge is 0.491 e. The number of hydrogen-bond donors (Lipinski definition) is 1. The van der Waals surface area contributed by atoms with E-state index in [-0.39, 0.29) is 6.61 Å². The second-order valence-corrected chi connectivity index (χ2v) is 6.46. The van der Waals surface area contributed by atoms with Crippen LogP contribution in [0.25, 0.3) is 10.9 Å². The fourth-order valence-corrected chi connectivity index (χ4v) is 3.20. The molecule has 1 N–H and O–H groups in total. The van der Waals surface area contributed by atoms with Crippen LogP contribution in [-0.2, 0) is 6.42 Å². The van der Waals surface area contributed by atoms with Gasteiger partial charge in [-0.25, -0.2) is 9.97 Å². The highest BCUT2D eigenvalue weighted by Gasteiger charge is 2.10. The quantitative estimate of drug-likeness (QED) is 0.520. The lowest BCUT2D eigenvalue weighted by molar-refractivity contribution is 0.126. The molecule has 5 nitrogen and oxygen atoms in total. The summed E-state index contributed by atoms with van der Waals surface area (Å²) in [6.07, 6.45) is 1.31. The summed E-state index contributed by atoms with van der Waals surface area (Å²) in [4.78, 5) is 8.53. The summed E-state index contributed by atoms with van der Waals surface area (Å²) < 4.78 is 5.60. The van der Waals surface area contributed by atoms with Gasteiger partial charge in [0.15, 0.2) is 0 Å². The molecule has 3 rings (SSSR count). The van der Waals surface area contributed by atoms with E-state index in [1.165, 1.54) is 18.1 Å². The van der Waals surface area contributed by atoms with Crippen LogP contribution in [-0.4, -0.2) is 33.5 Å². The number of aliphatic hydroxyl groups is 1. The van der Waals surface area contributed by atoms with Gasteiger partial charge in [-0.15, -0.1) is 11.8 Å². The fourth-order valence-electron chi connectivity index (χ4n) is 2.31. The lowest BCUT2D eigenvalue weighted by atomic mass is 10.2. The number of thioether (sulfide) groups is 1. The van der Waals surface area contributed by atoms with E-state index in [0.717, 1.165) is 21.5 Å². The Bertz CT molecular complexity index is 872. The Labute approximate surface area is 150 Å². The highest BCUT2D eigenvalue weighted by atomic mass is 32.2. The van der Waals surface area contributed by atoms with E-state index in [4.69, 9.17) is 10.00 Å². The second-order valence-electron chi connectivity index (χ2n) is 5.45. The van der Waals surface area contributed by atoms with Crippen LogP contribution in [0.5, 0.6) is 5.75 Å². The van der Waals surface area contributed by atoms with E-state index in [2.05, 4.69) is 16.0 Å². The van der Waals surface area contributed by atoms with Crippen molar-refractivity contribution >= 4 is 22.7 Å². The third-order valence-electron chi connectivity index (χ3n) is 3.57. The first-order valence-corrected chi connectivity index (χ1v) is 8.84. The van der Waals surface area contributed by atoms with Crippen LogP contribution in [0.2, 0.25) is 0 Å². The number of benzene rings is 2. The lowest BCUT2D eigenvalue weighted by Crippen LogP contribution is -2.20. The molecule has 25 heavy (non-hydrogen) atoms. The number of para-hydroxylation sites is 1. The van der Waals surface area contributed by atoms with Gasteiger partial charge in [-0.05, 0) is 23.8 Å². The van der Waals surface area contributed by atoms with E-state index < -0.39 is 6.10 Å². The first kappa shape index (κ1) is 17.2. The summed E-state index contributed by atoms with van der Waals surface area (Å²) >= 11 is 1.49. The third kappa shape index (κ3) is 4.69. The molecule has 0 spiro atoms.